The summed E-state index contributed by atoms with van der Waals surface area (Å²) in [6.45, 7) is 5.47. The molecule has 0 aliphatic heterocycles. The summed E-state index contributed by atoms with van der Waals surface area (Å²) in [5.74, 6) is 1.26. The highest BCUT2D eigenvalue weighted by Gasteiger charge is 2.18. The molecule has 0 aliphatic carbocycles. The van der Waals surface area contributed by atoms with Gasteiger partial charge in [0.25, 0.3) is 0 Å². The van der Waals surface area contributed by atoms with Gasteiger partial charge in [0, 0.05) is 24.9 Å². The van der Waals surface area contributed by atoms with Gasteiger partial charge >= 0.3 is 0 Å². The van der Waals surface area contributed by atoms with E-state index in [1.807, 2.05) is 38.1 Å². The molecule has 1 rings (SSSR count). The first-order valence-electron chi connectivity index (χ1n) is 5.55. The summed E-state index contributed by atoms with van der Waals surface area (Å²) in [5.41, 5.74) is 0.483. The van der Waals surface area contributed by atoms with Gasteiger partial charge in [0.1, 0.15) is 11.4 Å². The van der Waals surface area contributed by atoms with Crippen LogP contribution in [0.2, 0.25) is 0 Å². The number of amides is 1. The van der Waals surface area contributed by atoms with Crippen LogP contribution < -0.4 is 10.1 Å². The first-order valence-corrected chi connectivity index (χ1v) is 6.09. The Morgan fingerprint density at radius 3 is 2.41 bits per heavy atom. The molecule has 1 amide bonds. The average Bonchev–Trinajstić information content (AvgIpc) is 2.19. The smallest absolute Gasteiger partial charge is 0.221 e. The molecule has 0 bridgehead atoms. The fourth-order valence-electron chi connectivity index (χ4n) is 1.41. The quantitative estimate of drug-likeness (QED) is 0.819. The van der Waals surface area contributed by atoms with E-state index in [9.17, 15) is 4.79 Å². The van der Waals surface area contributed by atoms with E-state index >= 15 is 0 Å². The van der Waals surface area contributed by atoms with Gasteiger partial charge in [0.2, 0.25) is 5.91 Å². The molecule has 94 valence electrons. The van der Waals surface area contributed by atoms with Crippen molar-refractivity contribution in [2.24, 2.45) is 0 Å². The van der Waals surface area contributed by atoms with Crippen LogP contribution in [-0.4, -0.2) is 17.4 Å². The van der Waals surface area contributed by atoms with Gasteiger partial charge in [0.05, 0.1) is 0 Å². The normalized spacial score (nSPS) is 11.1. The van der Waals surface area contributed by atoms with Crippen LogP contribution in [0.5, 0.6) is 5.75 Å². The predicted octanol–water partition coefficient (Wildman–Crippen LogP) is 3.43. The monoisotopic (exact) mass is 255 g/mol. The maximum atomic E-state index is 10.9. The SMILES string of the molecule is CC(=O)Nc1ccc(OC(C)(C)CCCl)cc1. The molecule has 1 aromatic carbocycles. The minimum absolute atomic E-state index is 0.0823. The largest absolute Gasteiger partial charge is 0.488 e. The highest BCUT2D eigenvalue weighted by molar-refractivity contribution is 6.17. The Labute approximate surface area is 107 Å². The summed E-state index contributed by atoms with van der Waals surface area (Å²) in [4.78, 5) is 10.9. The summed E-state index contributed by atoms with van der Waals surface area (Å²) >= 11 is 5.71. The van der Waals surface area contributed by atoms with Crippen molar-refractivity contribution in [2.45, 2.75) is 32.8 Å². The maximum Gasteiger partial charge on any atom is 0.221 e. The lowest BCUT2D eigenvalue weighted by atomic mass is 10.1. The van der Waals surface area contributed by atoms with Crippen molar-refractivity contribution < 1.29 is 9.53 Å². The first-order chi connectivity index (χ1) is 7.93. The number of benzene rings is 1. The van der Waals surface area contributed by atoms with Gasteiger partial charge < -0.3 is 10.1 Å². The third-order valence-corrected chi connectivity index (χ3v) is 2.45. The second-order valence-electron chi connectivity index (χ2n) is 4.51. The van der Waals surface area contributed by atoms with Gasteiger partial charge in [0.15, 0.2) is 0 Å². The Balaban J connectivity index is 2.65. The molecule has 17 heavy (non-hydrogen) atoms. The minimum Gasteiger partial charge on any atom is -0.488 e. The number of nitrogens with one attached hydrogen (secondary N) is 1. The summed E-state index contributed by atoms with van der Waals surface area (Å²) in [5, 5.41) is 2.70. The Morgan fingerprint density at radius 2 is 1.94 bits per heavy atom. The number of alkyl halides is 1. The lowest BCUT2D eigenvalue weighted by Gasteiger charge is -2.25. The molecule has 0 saturated heterocycles. The summed E-state index contributed by atoms with van der Waals surface area (Å²) < 4.78 is 5.81. The summed E-state index contributed by atoms with van der Waals surface area (Å²) in [6, 6.07) is 7.30. The van der Waals surface area contributed by atoms with Gasteiger partial charge in [-0.05, 0) is 38.1 Å². The number of carbonyl (C=O) groups excluding carboxylic acids is 1. The number of ether oxygens (including phenoxy) is 1. The third kappa shape index (κ3) is 5.09. The van der Waals surface area contributed by atoms with Crippen molar-refractivity contribution in [2.75, 3.05) is 11.2 Å². The van der Waals surface area contributed by atoms with E-state index < -0.39 is 0 Å². The lowest BCUT2D eigenvalue weighted by molar-refractivity contribution is -0.114. The van der Waals surface area contributed by atoms with Gasteiger partial charge in [-0.1, -0.05) is 0 Å². The number of halogens is 1. The van der Waals surface area contributed by atoms with Crippen molar-refractivity contribution >= 4 is 23.2 Å². The zero-order chi connectivity index (χ0) is 12.9. The molecule has 4 heteroatoms. The molecule has 1 aromatic rings. The molecule has 0 unspecified atom stereocenters. The van der Waals surface area contributed by atoms with E-state index in [1.54, 1.807) is 0 Å². The molecule has 1 N–H and O–H groups in total. The third-order valence-electron chi connectivity index (χ3n) is 2.27. The van der Waals surface area contributed by atoms with E-state index in [2.05, 4.69) is 5.32 Å². The average molecular weight is 256 g/mol. The van der Waals surface area contributed by atoms with E-state index in [-0.39, 0.29) is 11.5 Å². The lowest BCUT2D eigenvalue weighted by Crippen LogP contribution is -2.28. The number of hydrogen-bond donors (Lipinski definition) is 1. The molecular weight excluding hydrogens is 238 g/mol. The standard InChI is InChI=1S/C13H18ClNO2/c1-10(16)15-11-4-6-12(7-5-11)17-13(2,3)8-9-14/h4-7H,8-9H2,1-3H3,(H,15,16). The first kappa shape index (κ1) is 13.8. The van der Waals surface area contributed by atoms with Crippen LogP contribution in [0.25, 0.3) is 0 Å². The fraction of sp³-hybridized carbons (Fsp3) is 0.462. The summed E-state index contributed by atoms with van der Waals surface area (Å²) in [6.07, 6.45) is 0.780. The van der Waals surface area contributed by atoms with Crippen LogP contribution >= 0.6 is 11.6 Å². The highest BCUT2D eigenvalue weighted by Crippen LogP contribution is 2.23. The Morgan fingerprint density at radius 1 is 1.35 bits per heavy atom. The molecule has 0 atom stereocenters. The molecular formula is C13H18ClNO2. The van der Waals surface area contributed by atoms with Gasteiger partial charge in [-0.15, -0.1) is 11.6 Å². The zero-order valence-corrected chi connectivity index (χ0v) is 11.2. The zero-order valence-electron chi connectivity index (χ0n) is 10.4. The van der Waals surface area contributed by atoms with Gasteiger partial charge in [-0.3, -0.25) is 4.79 Å². The molecule has 0 fully saturated rings. The Kier molecular flexibility index (Phi) is 4.82. The van der Waals surface area contributed by atoms with Crippen LogP contribution in [0, 0.1) is 0 Å². The van der Waals surface area contributed by atoms with Crippen molar-refractivity contribution in [3.8, 4) is 5.75 Å². The Hall–Kier alpha value is -1.22. The van der Waals surface area contributed by atoms with Crippen LogP contribution in [-0.2, 0) is 4.79 Å². The molecule has 0 radical (unpaired) electrons. The second kappa shape index (κ2) is 5.92. The van der Waals surface area contributed by atoms with E-state index in [0.717, 1.165) is 17.9 Å². The minimum atomic E-state index is -0.280. The van der Waals surface area contributed by atoms with Crippen LogP contribution in [0.15, 0.2) is 24.3 Å². The predicted molar refractivity (Wildman–Crippen MR) is 70.8 cm³/mol. The topological polar surface area (TPSA) is 38.3 Å². The number of carbonyl (C=O) groups is 1. The van der Waals surface area contributed by atoms with Crippen molar-refractivity contribution in [3.63, 3.8) is 0 Å². The van der Waals surface area contributed by atoms with Crippen LogP contribution in [0.4, 0.5) is 5.69 Å². The molecule has 0 saturated carbocycles. The molecule has 0 spiro atoms. The molecule has 3 nitrogen and oxygen atoms in total. The summed E-state index contributed by atoms with van der Waals surface area (Å²) in [7, 11) is 0. The fourth-order valence-corrected chi connectivity index (χ4v) is 1.86. The van der Waals surface area contributed by atoms with E-state index in [4.69, 9.17) is 16.3 Å². The maximum absolute atomic E-state index is 10.9. The van der Waals surface area contributed by atoms with Crippen molar-refractivity contribution in [3.05, 3.63) is 24.3 Å². The molecule has 0 aromatic heterocycles. The van der Waals surface area contributed by atoms with Gasteiger partial charge in [-0.2, -0.15) is 0 Å². The molecule has 0 aliphatic rings. The van der Waals surface area contributed by atoms with Crippen LogP contribution in [0.3, 0.4) is 0 Å². The second-order valence-corrected chi connectivity index (χ2v) is 4.88. The van der Waals surface area contributed by atoms with Crippen LogP contribution in [0.1, 0.15) is 27.2 Å². The number of hydrogen-bond acceptors (Lipinski definition) is 2. The number of rotatable bonds is 5. The van der Waals surface area contributed by atoms with E-state index in [1.165, 1.54) is 6.92 Å². The van der Waals surface area contributed by atoms with Crippen molar-refractivity contribution in [1.82, 2.24) is 0 Å². The molecule has 0 heterocycles. The Bertz CT molecular complexity index is 374. The highest BCUT2D eigenvalue weighted by atomic mass is 35.5. The van der Waals surface area contributed by atoms with Crippen molar-refractivity contribution in [1.29, 1.82) is 0 Å². The van der Waals surface area contributed by atoms with Gasteiger partial charge in [-0.25, -0.2) is 0 Å². The van der Waals surface area contributed by atoms with E-state index in [0.29, 0.717) is 5.88 Å². The number of anilines is 1.